The molecule has 0 aromatic heterocycles. The molecule has 1 unspecified atom stereocenters. The molecule has 25 heavy (non-hydrogen) atoms. The zero-order chi connectivity index (χ0) is 19.4. The number of carbonyl (C=O) groups is 2. The van der Waals surface area contributed by atoms with Crippen molar-refractivity contribution in [2.45, 2.75) is 26.3 Å². The maximum Gasteiger partial charge on any atom is 0.242 e. The number of benzene rings is 1. The standard InChI is InChI=1S/C15H21ClINO2.C2H4ClNO/c1-4-12-7-5-6-11(2)15(12)18(14(19)8-16)13(9-17)10-20-3;3-1-2(4)5/h5-7,13H,4,8-10H2,1-3H3;1H2,(H2,4,5). The molecule has 0 heterocycles. The quantitative estimate of drug-likeness (QED) is 0.438. The molecule has 0 aliphatic rings. The molecule has 0 aliphatic heterocycles. The third-order valence-corrected chi connectivity index (χ3v) is 4.87. The van der Waals surface area contributed by atoms with Gasteiger partial charge in [0.05, 0.1) is 18.3 Å². The number of rotatable bonds is 8. The van der Waals surface area contributed by atoms with Crippen LogP contribution in [0.5, 0.6) is 0 Å². The molecule has 2 amide bonds. The van der Waals surface area contributed by atoms with Crippen LogP contribution in [0.2, 0.25) is 0 Å². The van der Waals surface area contributed by atoms with Gasteiger partial charge in [-0.25, -0.2) is 0 Å². The number of ether oxygens (including phenoxy) is 1. The van der Waals surface area contributed by atoms with E-state index in [0.717, 1.165) is 27.7 Å². The van der Waals surface area contributed by atoms with Crippen LogP contribution in [0.25, 0.3) is 0 Å². The van der Waals surface area contributed by atoms with Gasteiger partial charge in [-0.2, -0.15) is 0 Å². The number of aryl methyl sites for hydroxylation is 2. The highest BCUT2D eigenvalue weighted by Crippen LogP contribution is 2.28. The van der Waals surface area contributed by atoms with Crippen LogP contribution in [0.3, 0.4) is 0 Å². The van der Waals surface area contributed by atoms with Crippen LogP contribution in [-0.4, -0.2) is 47.8 Å². The van der Waals surface area contributed by atoms with Crippen LogP contribution in [0, 0.1) is 6.92 Å². The fourth-order valence-electron chi connectivity index (χ4n) is 2.31. The van der Waals surface area contributed by atoms with Gasteiger partial charge in [-0.05, 0) is 24.5 Å². The second-order valence-corrected chi connectivity index (χ2v) is 6.61. The van der Waals surface area contributed by atoms with Crippen molar-refractivity contribution in [3.63, 3.8) is 0 Å². The predicted octanol–water partition coefficient (Wildman–Crippen LogP) is 3.29. The minimum Gasteiger partial charge on any atom is -0.383 e. The number of methoxy groups -OCH3 is 1. The Bertz CT molecular complexity index is 559. The number of halogens is 3. The first-order chi connectivity index (χ1) is 11.9. The molecule has 5 nitrogen and oxygen atoms in total. The van der Waals surface area contributed by atoms with Crippen LogP contribution >= 0.6 is 45.8 Å². The molecule has 1 rings (SSSR count). The molecule has 142 valence electrons. The van der Waals surface area contributed by atoms with E-state index in [2.05, 4.69) is 41.3 Å². The molecule has 0 saturated carbocycles. The third kappa shape index (κ3) is 8.11. The normalized spacial score (nSPS) is 11.3. The van der Waals surface area contributed by atoms with Crippen molar-refractivity contribution in [1.29, 1.82) is 0 Å². The zero-order valence-electron chi connectivity index (χ0n) is 14.7. The van der Waals surface area contributed by atoms with E-state index < -0.39 is 5.91 Å². The average molecular weight is 503 g/mol. The molecule has 0 saturated heterocycles. The largest absolute Gasteiger partial charge is 0.383 e. The first-order valence-electron chi connectivity index (χ1n) is 7.73. The molecule has 0 bridgehead atoms. The van der Waals surface area contributed by atoms with Gasteiger partial charge in [0.2, 0.25) is 11.8 Å². The number of carbonyl (C=O) groups excluding carboxylic acids is 2. The number of hydrogen-bond donors (Lipinski definition) is 1. The minimum atomic E-state index is -0.480. The van der Waals surface area contributed by atoms with Crippen LogP contribution in [0.4, 0.5) is 5.69 Å². The Balaban J connectivity index is 0.00000101. The first-order valence-corrected chi connectivity index (χ1v) is 10.3. The number of nitrogens with zero attached hydrogens (tertiary/aromatic N) is 1. The Morgan fingerprint density at radius 1 is 1.32 bits per heavy atom. The summed E-state index contributed by atoms with van der Waals surface area (Å²) in [6, 6.07) is 6.11. The SMILES string of the molecule is CCc1cccc(C)c1N(C(=O)CCl)C(CI)COC.NC(=O)CCl. The van der Waals surface area contributed by atoms with Gasteiger partial charge in [-0.1, -0.05) is 47.7 Å². The predicted molar refractivity (Wildman–Crippen MR) is 113 cm³/mol. The summed E-state index contributed by atoms with van der Waals surface area (Å²) in [5.74, 6) is -0.657. The molecular formula is C17H25Cl2IN2O3. The first kappa shape index (κ1) is 24.4. The number of alkyl halides is 3. The van der Waals surface area contributed by atoms with Crippen LogP contribution in [0.15, 0.2) is 18.2 Å². The lowest BCUT2D eigenvalue weighted by molar-refractivity contribution is -0.117. The van der Waals surface area contributed by atoms with Crippen molar-refractivity contribution in [3.8, 4) is 0 Å². The Labute approximate surface area is 173 Å². The monoisotopic (exact) mass is 502 g/mol. The summed E-state index contributed by atoms with van der Waals surface area (Å²) in [6.07, 6.45) is 0.879. The average Bonchev–Trinajstić information content (AvgIpc) is 2.62. The lowest BCUT2D eigenvalue weighted by Gasteiger charge is -2.32. The molecule has 8 heteroatoms. The van der Waals surface area contributed by atoms with E-state index in [1.54, 1.807) is 7.11 Å². The topological polar surface area (TPSA) is 72.6 Å². The summed E-state index contributed by atoms with van der Waals surface area (Å²) in [5.41, 5.74) is 7.76. The lowest BCUT2D eigenvalue weighted by Crippen LogP contribution is -2.45. The maximum absolute atomic E-state index is 12.3. The Kier molecular flexibility index (Phi) is 13.3. The highest BCUT2D eigenvalue weighted by Gasteiger charge is 2.26. The van der Waals surface area contributed by atoms with Crippen molar-refractivity contribution >= 4 is 63.3 Å². The second-order valence-electron chi connectivity index (χ2n) is 5.20. The van der Waals surface area contributed by atoms with Crippen molar-refractivity contribution in [3.05, 3.63) is 29.3 Å². The van der Waals surface area contributed by atoms with E-state index in [4.69, 9.17) is 27.9 Å². The van der Waals surface area contributed by atoms with E-state index in [-0.39, 0.29) is 23.7 Å². The fourth-order valence-corrected chi connectivity index (χ4v) is 3.08. The summed E-state index contributed by atoms with van der Waals surface area (Å²) in [6.45, 7) is 4.63. The van der Waals surface area contributed by atoms with E-state index in [9.17, 15) is 9.59 Å². The van der Waals surface area contributed by atoms with Crippen molar-refractivity contribution < 1.29 is 14.3 Å². The molecule has 0 radical (unpaired) electrons. The van der Waals surface area contributed by atoms with Gasteiger partial charge in [0, 0.05) is 11.5 Å². The number of para-hydroxylation sites is 1. The van der Waals surface area contributed by atoms with Crippen LogP contribution in [-0.2, 0) is 20.7 Å². The van der Waals surface area contributed by atoms with Crippen LogP contribution < -0.4 is 10.6 Å². The van der Waals surface area contributed by atoms with E-state index in [0.29, 0.717) is 6.61 Å². The number of primary amides is 1. The number of hydrogen-bond acceptors (Lipinski definition) is 3. The van der Waals surface area contributed by atoms with Crippen LogP contribution in [0.1, 0.15) is 18.1 Å². The highest BCUT2D eigenvalue weighted by molar-refractivity contribution is 14.1. The highest BCUT2D eigenvalue weighted by atomic mass is 127. The molecule has 0 spiro atoms. The van der Waals surface area contributed by atoms with E-state index >= 15 is 0 Å². The van der Waals surface area contributed by atoms with Gasteiger partial charge in [-0.15, -0.1) is 23.2 Å². The number of anilines is 1. The Hall–Kier alpha value is -0.570. The zero-order valence-corrected chi connectivity index (χ0v) is 18.4. The third-order valence-electron chi connectivity index (χ3n) is 3.36. The fraction of sp³-hybridized carbons (Fsp3) is 0.529. The van der Waals surface area contributed by atoms with Gasteiger partial charge >= 0.3 is 0 Å². The van der Waals surface area contributed by atoms with Gasteiger partial charge in [0.25, 0.3) is 0 Å². The van der Waals surface area contributed by atoms with E-state index in [1.165, 1.54) is 0 Å². The second kappa shape index (κ2) is 13.6. The van der Waals surface area contributed by atoms with Gasteiger partial charge < -0.3 is 15.4 Å². The Morgan fingerprint density at radius 2 is 1.92 bits per heavy atom. The molecular weight excluding hydrogens is 478 g/mol. The summed E-state index contributed by atoms with van der Waals surface area (Å²) in [4.78, 5) is 23.6. The summed E-state index contributed by atoms with van der Waals surface area (Å²) < 4.78 is 6.06. The van der Waals surface area contributed by atoms with Crippen molar-refractivity contribution in [2.75, 3.05) is 34.8 Å². The summed E-state index contributed by atoms with van der Waals surface area (Å²) >= 11 is 13.0. The van der Waals surface area contributed by atoms with E-state index in [1.807, 2.05) is 24.0 Å². The smallest absolute Gasteiger partial charge is 0.242 e. The maximum atomic E-state index is 12.3. The lowest BCUT2D eigenvalue weighted by atomic mass is 10.0. The molecule has 1 aromatic carbocycles. The Morgan fingerprint density at radius 3 is 2.32 bits per heavy atom. The molecule has 0 aliphatic carbocycles. The minimum absolute atomic E-state index is 0.00162. The van der Waals surface area contributed by atoms with Gasteiger partial charge in [0.1, 0.15) is 11.8 Å². The molecule has 2 N–H and O–H groups in total. The van der Waals surface area contributed by atoms with Gasteiger partial charge in [-0.3, -0.25) is 9.59 Å². The molecule has 1 aromatic rings. The molecule has 0 fully saturated rings. The number of nitrogens with two attached hydrogens (primary N) is 1. The van der Waals surface area contributed by atoms with Crippen molar-refractivity contribution in [2.24, 2.45) is 5.73 Å². The van der Waals surface area contributed by atoms with Gasteiger partial charge in [0.15, 0.2) is 0 Å². The molecule has 1 atom stereocenters. The van der Waals surface area contributed by atoms with Crippen molar-refractivity contribution in [1.82, 2.24) is 0 Å². The summed E-state index contributed by atoms with van der Waals surface area (Å²) in [7, 11) is 1.65. The summed E-state index contributed by atoms with van der Waals surface area (Å²) in [5, 5.41) is 0. The number of amides is 2.